The third kappa shape index (κ3) is 4.60. The molecule has 84 valence electrons. The summed E-state index contributed by atoms with van der Waals surface area (Å²) in [4.78, 5) is 15.3. The largest absolute Gasteiger partial charge is 0.432 e. The maximum atomic E-state index is 11.4. The van der Waals surface area contributed by atoms with Crippen LogP contribution in [0, 0.1) is 6.92 Å². The van der Waals surface area contributed by atoms with Gasteiger partial charge in [-0.25, -0.2) is 0 Å². The number of aryl methyl sites for hydroxylation is 1. The van der Waals surface area contributed by atoms with Crippen molar-refractivity contribution < 1.29 is 9.21 Å². The van der Waals surface area contributed by atoms with Gasteiger partial charge in [-0.15, -0.1) is 0 Å². The van der Waals surface area contributed by atoms with Crippen LogP contribution >= 0.6 is 0 Å². The van der Waals surface area contributed by atoms with Crippen LogP contribution in [0.2, 0.25) is 0 Å². The number of carbonyl (C=O) groups excluding carboxylic acids is 1. The van der Waals surface area contributed by atoms with Gasteiger partial charge in [0.05, 0.1) is 5.69 Å². The van der Waals surface area contributed by atoms with Crippen LogP contribution in [0.25, 0.3) is 0 Å². The first-order chi connectivity index (χ1) is 7.08. The van der Waals surface area contributed by atoms with Crippen molar-refractivity contribution in [2.45, 2.75) is 39.2 Å². The molecule has 0 fully saturated rings. The standard InChI is InChI=1S/C10H17N3O2/c1-7(11)4-3-5-9(14)13-10-12-8(2)6-15-10/h6-7H,3-5,11H2,1-2H3,(H,12,13,14). The normalized spacial score (nSPS) is 12.5. The Bertz CT molecular complexity index is 320. The van der Waals surface area contributed by atoms with Gasteiger partial charge in [0.2, 0.25) is 5.91 Å². The molecule has 5 nitrogen and oxygen atoms in total. The van der Waals surface area contributed by atoms with Gasteiger partial charge in [0.1, 0.15) is 6.26 Å². The molecule has 0 spiro atoms. The molecule has 0 aliphatic heterocycles. The Morgan fingerprint density at radius 2 is 2.47 bits per heavy atom. The van der Waals surface area contributed by atoms with E-state index in [1.54, 1.807) is 6.92 Å². The van der Waals surface area contributed by atoms with Crippen LogP contribution in [-0.4, -0.2) is 16.9 Å². The highest BCUT2D eigenvalue weighted by Crippen LogP contribution is 2.07. The Hall–Kier alpha value is -1.36. The Kier molecular flexibility index (Phi) is 4.30. The van der Waals surface area contributed by atoms with Crippen molar-refractivity contribution in [2.75, 3.05) is 5.32 Å². The first-order valence-electron chi connectivity index (χ1n) is 5.05. The van der Waals surface area contributed by atoms with Crippen LogP contribution in [0.1, 0.15) is 31.9 Å². The van der Waals surface area contributed by atoms with Crippen molar-refractivity contribution in [3.05, 3.63) is 12.0 Å². The molecule has 0 saturated carbocycles. The van der Waals surface area contributed by atoms with Crippen molar-refractivity contribution in [3.63, 3.8) is 0 Å². The molecule has 0 saturated heterocycles. The molecule has 1 rings (SSSR count). The zero-order valence-electron chi connectivity index (χ0n) is 9.12. The van der Waals surface area contributed by atoms with E-state index in [9.17, 15) is 4.79 Å². The number of anilines is 1. The Morgan fingerprint density at radius 3 is 3.00 bits per heavy atom. The molecule has 0 aliphatic rings. The minimum atomic E-state index is -0.0856. The van der Waals surface area contributed by atoms with Crippen molar-refractivity contribution in [1.82, 2.24) is 4.98 Å². The summed E-state index contributed by atoms with van der Waals surface area (Å²) in [6.45, 7) is 3.73. The summed E-state index contributed by atoms with van der Waals surface area (Å²) in [6, 6.07) is 0.403. The van der Waals surface area contributed by atoms with Crippen molar-refractivity contribution in [3.8, 4) is 0 Å². The smallest absolute Gasteiger partial charge is 0.301 e. The predicted molar refractivity (Wildman–Crippen MR) is 57.4 cm³/mol. The molecule has 0 radical (unpaired) electrons. The Morgan fingerprint density at radius 1 is 1.73 bits per heavy atom. The summed E-state index contributed by atoms with van der Waals surface area (Å²) in [5, 5.41) is 2.58. The molecule has 5 heteroatoms. The van der Waals surface area contributed by atoms with E-state index in [2.05, 4.69) is 10.3 Å². The highest BCUT2D eigenvalue weighted by Gasteiger charge is 2.06. The predicted octanol–water partition coefficient (Wildman–Crippen LogP) is 1.44. The van der Waals surface area contributed by atoms with E-state index in [0.29, 0.717) is 6.42 Å². The number of hydrogen-bond donors (Lipinski definition) is 2. The van der Waals surface area contributed by atoms with Gasteiger partial charge in [0.15, 0.2) is 0 Å². The first kappa shape index (κ1) is 11.7. The first-order valence-corrected chi connectivity index (χ1v) is 5.05. The van der Waals surface area contributed by atoms with E-state index in [4.69, 9.17) is 10.2 Å². The van der Waals surface area contributed by atoms with Gasteiger partial charge in [-0.3, -0.25) is 10.1 Å². The van der Waals surface area contributed by atoms with E-state index < -0.39 is 0 Å². The molecular weight excluding hydrogens is 194 g/mol. The van der Waals surface area contributed by atoms with E-state index in [-0.39, 0.29) is 18.0 Å². The molecule has 1 heterocycles. The average Bonchev–Trinajstić information content (AvgIpc) is 2.50. The van der Waals surface area contributed by atoms with E-state index in [1.807, 2.05) is 6.92 Å². The molecule has 1 unspecified atom stereocenters. The summed E-state index contributed by atoms with van der Waals surface area (Å²) >= 11 is 0. The van der Waals surface area contributed by atoms with Gasteiger partial charge in [-0.2, -0.15) is 4.98 Å². The molecule has 1 aromatic heterocycles. The Balaban J connectivity index is 2.24. The maximum Gasteiger partial charge on any atom is 0.301 e. The molecule has 0 aliphatic carbocycles. The number of oxazole rings is 1. The van der Waals surface area contributed by atoms with E-state index >= 15 is 0 Å². The molecule has 15 heavy (non-hydrogen) atoms. The summed E-state index contributed by atoms with van der Waals surface area (Å²) in [5.41, 5.74) is 6.32. The third-order valence-electron chi connectivity index (χ3n) is 1.93. The summed E-state index contributed by atoms with van der Waals surface area (Å²) in [5.74, 6) is -0.0856. The zero-order valence-corrected chi connectivity index (χ0v) is 9.12. The van der Waals surface area contributed by atoms with Crippen LogP contribution in [0.15, 0.2) is 10.7 Å². The van der Waals surface area contributed by atoms with Crippen LogP contribution in [0.5, 0.6) is 0 Å². The lowest BCUT2D eigenvalue weighted by Crippen LogP contribution is -2.16. The van der Waals surface area contributed by atoms with Crippen LogP contribution in [-0.2, 0) is 4.79 Å². The van der Waals surface area contributed by atoms with Crippen LogP contribution < -0.4 is 11.1 Å². The van der Waals surface area contributed by atoms with Crippen LogP contribution in [0.4, 0.5) is 6.01 Å². The summed E-state index contributed by atoms with van der Waals surface area (Å²) < 4.78 is 4.99. The fraction of sp³-hybridized carbons (Fsp3) is 0.600. The second kappa shape index (κ2) is 5.50. The molecular formula is C10H17N3O2. The second-order valence-corrected chi connectivity index (χ2v) is 3.71. The van der Waals surface area contributed by atoms with E-state index in [0.717, 1.165) is 18.5 Å². The highest BCUT2D eigenvalue weighted by molar-refractivity contribution is 5.88. The number of rotatable bonds is 5. The molecule has 1 amide bonds. The van der Waals surface area contributed by atoms with Gasteiger partial charge in [0.25, 0.3) is 0 Å². The number of nitrogens with two attached hydrogens (primary N) is 1. The van der Waals surface area contributed by atoms with Gasteiger partial charge < -0.3 is 10.2 Å². The SMILES string of the molecule is Cc1coc(NC(=O)CCCC(C)N)n1. The molecule has 3 N–H and O–H groups in total. The fourth-order valence-corrected chi connectivity index (χ4v) is 1.18. The number of nitrogens with zero attached hydrogens (tertiary/aromatic N) is 1. The summed E-state index contributed by atoms with van der Waals surface area (Å²) in [7, 11) is 0. The topological polar surface area (TPSA) is 81.2 Å². The lowest BCUT2D eigenvalue weighted by Gasteiger charge is -2.03. The Labute approximate surface area is 89.1 Å². The van der Waals surface area contributed by atoms with Crippen molar-refractivity contribution >= 4 is 11.9 Å². The lowest BCUT2D eigenvalue weighted by molar-refractivity contribution is -0.116. The third-order valence-corrected chi connectivity index (χ3v) is 1.93. The number of aromatic nitrogens is 1. The zero-order chi connectivity index (χ0) is 11.3. The maximum absolute atomic E-state index is 11.4. The van der Waals surface area contributed by atoms with Crippen molar-refractivity contribution in [1.29, 1.82) is 0 Å². The number of amides is 1. The van der Waals surface area contributed by atoms with Crippen molar-refractivity contribution in [2.24, 2.45) is 5.73 Å². The summed E-state index contributed by atoms with van der Waals surface area (Å²) in [6.07, 6.45) is 3.57. The molecule has 1 aromatic rings. The lowest BCUT2D eigenvalue weighted by atomic mass is 10.1. The average molecular weight is 211 g/mol. The highest BCUT2D eigenvalue weighted by atomic mass is 16.4. The van der Waals surface area contributed by atoms with E-state index in [1.165, 1.54) is 6.26 Å². The monoisotopic (exact) mass is 211 g/mol. The van der Waals surface area contributed by atoms with Gasteiger partial charge >= 0.3 is 6.01 Å². The minimum absolute atomic E-state index is 0.0856. The quantitative estimate of drug-likeness (QED) is 0.772. The molecule has 0 aromatic carbocycles. The minimum Gasteiger partial charge on any atom is -0.432 e. The number of hydrogen-bond acceptors (Lipinski definition) is 4. The van der Waals surface area contributed by atoms with Gasteiger partial charge in [-0.05, 0) is 26.7 Å². The van der Waals surface area contributed by atoms with Gasteiger partial charge in [-0.1, -0.05) is 0 Å². The number of carbonyl (C=O) groups is 1. The molecule has 1 atom stereocenters. The second-order valence-electron chi connectivity index (χ2n) is 3.71. The van der Waals surface area contributed by atoms with Crippen LogP contribution in [0.3, 0.4) is 0 Å². The number of nitrogens with one attached hydrogen (secondary N) is 1. The fourth-order valence-electron chi connectivity index (χ4n) is 1.18. The molecule has 0 bridgehead atoms. The van der Waals surface area contributed by atoms with Gasteiger partial charge in [0, 0.05) is 12.5 Å².